The fraction of sp³-hybridized carbons (Fsp3) is 0.316. The van der Waals surface area contributed by atoms with Crippen molar-refractivity contribution in [2.24, 2.45) is 0 Å². The van der Waals surface area contributed by atoms with Crippen molar-refractivity contribution in [3.05, 3.63) is 48.7 Å². The molecule has 4 rings (SSSR count). The zero-order valence-electron chi connectivity index (χ0n) is 15.3. The summed E-state index contributed by atoms with van der Waals surface area (Å²) in [7, 11) is 0. The van der Waals surface area contributed by atoms with E-state index in [-0.39, 0.29) is 42.8 Å². The van der Waals surface area contributed by atoms with Crippen LogP contribution in [0.5, 0.6) is 5.75 Å². The van der Waals surface area contributed by atoms with Gasteiger partial charge in [-0.25, -0.2) is 0 Å². The van der Waals surface area contributed by atoms with Gasteiger partial charge in [0.1, 0.15) is 45.6 Å². The van der Waals surface area contributed by atoms with E-state index in [4.69, 9.17) is 39.2 Å². The van der Waals surface area contributed by atoms with Crippen molar-refractivity contribution in [3.8, 4) is 5.75 Å². The van der Waals surface area contributed by atoms with Crippen molar-refractivity contribution in [3.63, 3.8) is 0 Å². The lowest BCUT2D eigenvalue weighted by Gasteiger charge is -2.35. The standard InChI is InChI=1S/C19H16Cl3NO7/c1-5-2-7(20)13(26)10-15(28)9-11(21)18(22)23(19(9)30-17(5)10)8-3-6(4-24)12(25)16(29)14(8)27/h2-3,8,12,14,16,24-27,29H,4H2,1H3. The molecule has 160 valence electrons. The average Bonchev–Trinajstić information content (AvgIpc) is 2.95. The molecule has 2 aromatic heterocycles. The van der Waals surface area contributed by atoms with E-state index in [1.165, 1.54) is 16.7 Å². The van der Waals surface area contributed by atoms with E-state index in [1.54, 1.807) is 6.92 Å². The Kier molecular flexibility index (Phi) is 5.31. The Hall–Kier alpha value is -1.78. The smallest absolute Gasteiger partial charge is 0.214 e. The highest BCUT2D eigenvalue weighted by atomic mass is 35.5. The molecule has 0 saturated heterocycles. The Morgan fingerprint density at radius 1 is 1.13 bits per heavy atom. The number of aryl methyl sites for hydroxylation is 1. The van der Waals surface area contributed by atoms with E-state index in [1.807, 2.05) is 0 Å². The quantitative estimate of drug-likeness (QED) is 0.358. The number of hydrogen-bond donors (Lipinski definition) is 5. The number of aliphatic hydroxyl groups excluding tert-OH is 4. The molecule has 0 bridgehead atoms. The molecule has 0 radical (unpaired) electrons. The van der Waals surface area contributed by atoms with Crippen LogP contribution in [-0.4, -0.2) is 55.0 Å². The van der Waals surface area contributed by atoms with Gasteiger partial charge < -0.3 is 29.9 Å². The zero-order chi connectivity index (χ0) is 22.1. The van der Waals surface area contributed by atoms with Crippen molar-refractivity contribution >= 4 is 56.9 Å². The second kappa shape index (κ2) is 7.42. The Morgan fingerprint density at radius 3 is 2.43 bits per heavy atom. The summed E-state index contributed by atoms with van der Waals surface area (Å²) in [6.07, 6.45) is -3.35. The van der Waals surface area contributed by atoms with Crippen LogP contribution in [0.3, 0.4) is 0 Å². The summed E-state index contributed by atoms with van der Waals surface area (Å²) in [5.41, 5.74) is -0.252. The zero-order valence-corrected chi connectivity index (χ0v) is 17.6. The van der Waals surface area contributed by atoms with Crippen molar-refractivity contribution < 1.29 is 29.9 Å². The normalized spacial score (nSPS) is 24.6. The second-order valence-corrected chi connectivity index (χ2v) is 8.27. The number of fused-ring (bicyclic) bond motifs is 2. The first kappa shape index (κ1) is 21.5. The van der Waals surface area contributed by atoms with Crippen LogP contribution in [0, 0.1) is 6.92 Å². The molecule has 30 heavy (non-hydrogen) atoms. The lowest BCUT2D eigenvalue weighted by Crippen LogP contribution is -2.47. The first-order valence-corrected chi connectivity index (χ1v) is 9.92. The predicted octanol–water partition coefficient (Wildman–Crippen LogP) is 2.28. The van der Waals surface area contributed by atoms with E-state index >= 15 is 0 Å². The maximum absolute atomic E-state index is 13.2. The van der Waals surface area contributed by atoms with Crippen molar-refractivity contribution in [1.29, 1.82) is 0 Å². The monoisotopic (exact) mass is 475 g/mol. The minimum atomic E-state index is -1.63. The molecule has 0 aliphatic heterocycles. The van der Waals surface area contributed by atoms with E-state index < -0.39 is 42.1 Å². The molecule has 4 unspecified atom stereocenters. The summed E-state index contributed by atoms with van der Waals surface area (Å²) >= 11 is 18.6. The highest BCUT2D eigenvalue weighted by molar-refractivity contribution is 6.45. The minimum Gasteiger partial charge on any atom is -0.505 e. The molecule has 4 atom stereocenters. The van der Waals surface area contributed by atoms with Crippen molar-refractivity contribution in [2.75, 3.05) is 6.61 Å². The van der Waals surface area contributed by atoms with Crippen LogP contribution < -0.4 is 5.43 Å². The van der Waals surface area contributed by atoms with Crippen LogP contribution in [0.15, 0.2) is 26.9 Å². The lowest BCUT2D eigenvalue weighted by atomic mass is 9.88. The number of aromatic nitrogens is 1. The summed E-state index contributed by atoms with van der Waals surface area (Å²) < 4.78 is 7.08. The number of phenols is 1. The van der Waals surface area contributed by atoms with Gasteiger partial charge in [-0.2, -0.15) is 0 Å². The number of phenolic OH excluding ortho intramolecular Hbond substituents is 1. The van der Waals surface area contributed by atoms with Gasteiger partial charge in [-0.1, -0.05) is 40.9 Å². The SMILES string of the molecule is Cc1cc(Cl)c(O)c2c(=O)c3c(Cl)c(Cl)n(C4C=C(CO)C(O)C(O)C4O)c3oc12. The van der Waals surface area contributed by atoms with Crippen LogP contribution in [0.2, 0.25) is 15.2 Å². The molecule has 2 heterocycles. The van der Waals surface area contributed by atoms with Gasteiger partial charge in [-0.3, -0.25) is 9.36 Å². The van der Waals surface area contributed by atoms with Crippen LogP contribution in [0.4, 0.5) is 0 Å². The number of benzene rings is 1. The number of hydrogen-bond acceptors (Lipinski definition) is 7. The van der Waals surface area contributed by atoms with Crippen LogP contribution in [0.25, 0.3) is 22.1 Å². The van der Waals surface area contributed by atoms with Crippen molar-refractivity contribution in [1.82, 2.24) is 4.57 Å². The number of aromatic hydroxyl groups is 1. The number of rotatable bonds is 2. The first-order valence-electron chi connectivity index (χ1n) is 8.79. The average molecular weight is 477 g/mol. The molecular formula is C19H16Cl3NO7. The maximum Gasteiger partial charge on any atom is 0.214 e. The lowest BCUT2D eigenvalue weighted by molar-refractivity contribution is -0.0695. The highest BCUT2D eigenvalue weighted by Crippen LogP contribution is 2.42. The summed E-state index contributed by atoms with van der Waals surface area (Å²) in [5, 5.41) is 49.8. The summed E-state index contributed by atoms with van der Waals surface area (Å²) in [6, 6.07) is 0.305. The molecule has 8 nitrogen and oxygen atoms in total. The first-order chi connectivity index (χ1) is 14.1. The number of aliphatic hydroxyl groups is 4. The molecule has 0 fully saturated rings. The van der Waals surface area contributed by atoms with Gasteiger partial charge in [-0.15, -0.1) is 0 Å². The van der Waals surface area contributed by atoms with Crippen molar-refractivity contribution in [2.45, 2.75) is 31.3 Å². The third-order valence-corrected chi connectivity index (χ3v) is 6.48. The van der Waals surface area contributed by atoms with E-state index in [0.717, 1.165) is 0 Å². The Balaban J connectivity index is 2.13. The molecule has 11 heteroatoms. The van der Waals surface area contributed by atoms with Crippen LogP contribution in [-0.2, 0) is 0 Å². The topological polar surface area (TPSA) is 136 Å². The minimum absolute atomic E-state index is 0.0383. The maximum atomic E-state index is 13.2. The largest absolute Gasteiger partial charge is 0.505 e. The number of halogens is 3. The molecule has 0 amide bonds. The third kappa shape index (κ3) is 2.87. The fourth-order valence-corrected chi connectivity index (χ4v) is 4.59. The van der Waals surface area contributed by atoms with Crippen LogP contribution >= 0.6 is 34.8 Å². The molecule has 0 spiro atoms. The molecule has 1 aliphatic carbocycles. The Bertz CT molecular complexity index is 1280. The summed E-state index contributed by atoms with van der Waals surface area (Å²) in [5.74, 6) is -0.466. The molecule has 1 aromatic carbocycles. The van der Waals surface area contributed by atoms with Gasteiger partial charge in [0.05, 0.1) is 22.7 Å². The van der Waals surface area contributed by atoms with Crippen LogP contribution in [0.1, 0.15) is 11.6 Å². The van der Waals surface area contributed by atoms with Gasteiger partial charge >= 0.3 is 0 Å². The van der Waals surface area contributed by atoms with E-state index in [2.05, 4.69) is 0 Å². The van der Waals surface area contributed by atoms with Gasteiger partial charge in [0.25, 0.3) is 0 Å². The summed E-state index contributed by atoms with van der Waals surface area (Å²) in [4.78, 5) is 13.2. The molecule has 0 saturated carbocycles. The second-order valence-electron chi connectivity index (χ2n) is 7.13. The van der Waals surface area contributed by atoms with Gasteiger partial charge in [-0.05, 0) is 24.1 Å². The van der Waals surface area contributed by atoms with Gasteiger partial charge in [0, 0.05) is 0 Å². The fourth-order valence-electron chi connectivity index (χ4n) is 3.79. The third-order valence-electron chi connectivity index (χ3n) is 5.36. The molecule has 5 N–H and O–H groups in total. The predicted molar refractivity (Wildman–Crippen MR) is 112 cm³/mol. The molecule has 1 aliphatic rings. The molecule has 3 aromatic rings. The Morgan fingerprint density at radius 2 is 1.80 bits per heavy atom. The number of nitrogens with zero attached hydrogens (tertiary/aromatic N) is 1. The summed E-state index contributed by atoms with van der Waals surface area (Å²) in [6.45, 7) is 1.04. The van der Waals surface area contributed by atoms with E-state index in [0.29, 0.717) is 5.56 Å². The Labute approximate surface area is 183 Å². The van der Waals surface area contributed by atoms with Gasteiger partial charge in [0.2, 0.25) is 11.1 Å². The van der Waals surface area contributed by atoms with E-state index in [9.17, 15) is 30.3 Å². The molecular weight excluding hydrogens is 461 g/mol. The highest BCUT2D eigenvalue weighted by Gasteiger charge is 2.40. The van der Waals surface area contributed by atoms with Gasteiger partial charge in [0.15, 0.2) is 0 Å².